The molecule has 0 atom stereocenters. The molecule has 120 valence electrons. The summed E-state index contributed by atoms with van der Waals surface area (Å²) in [6.07, 6.45) is 4.89. The number of carbonyl (C=O) groups excluding carboxylic acids is 2. The Morgan fingerprint density at radius 3 is 3.04 bits per heavy atom. The normalized spacial score (nSPS) is 13.4. The first kappa shape index (κ1) is 15.2. The van der Waals surface area contributed by atoms with Gasteiger partial charge in [-0.25, -0.2) is 4.39 Å². The van der Waals surface area contributed by atoms with Gasteiger partial charge in [-0.1, -0.05) is 6.92 Å². The van der Waals surface area contributed by atoms with E-state index in [0.717, 1.165) is 18.5 Å². The summed E-state index contributed by atoms with van der Waals surface area (Å²) in [4.78, 5) is 23.5. The fourth-order valence-corrected chi connectivity index (χ4v) is 2.52. The highest BCUT2D eigenvalue weighted by molar-refractivity contribution is 6.04. The van der Waals surface area contributed by atoms with Gasteiger partial charge in [0.1, 0.15) is 5.82 Å². The molecule has 2 amide bonds. The number of hydrogen-bond donors (Lipinski definition) is 2. The number of aromatic nitrogens is 2. The first-order valence-electron chi connectivity index (χ1n) is 7.53. The number of hydrogen-bond acceptors (Lipinski definition) is 3. The third-order valence-corrected chi connectivity index (χ3v) is 3.68. The van der Waals surface area contributed by atoms with Crippen molar-refractivity contribution in [2.24, 2.45) is 0 Å². The summed E-state index contributed by atoms with van der Waals surface area (Å²) >= 11 is 0. The molecular weight excluding hydrogens is 299 g/mol. The Morgan fingerprint density at radius 2 is 2.26 bits per heavy atom. The molecule has 0 unspecified atom stereocenters. The second kappa shape index (κ2) is 6.20. The zero-order chi connectivity index (χ0) is 16.4. The molecule has 23 heavy (non-hydrogen) atoms. The fourth-order valence-electron chi connectivity index (χ4n) is 2.52. The summed E-state index contributed by atoms with van der Waals surface area (Å²) < 4.78 is 15.8. The number of rotatable bonds is 4. The predicted octanol–water partition coefficient (Wildman–Crippen LogP) is 2.57. The number of halogens is 1. The molecule has 0 fully saturated rings. The topological polar surface area (TPSA) is 76.0 Å². The van der Waals surface area contributed by atoms with Gasteiger partial charge in [-0.3, -0.25) is 14.3 Å². The number of carbonyl (C=O) groups is 2. The van der Waals surface area contributed by atoms with Crippen molar-refractivity contribution in [1.29, 1.82) is 0 Å². The molecule has 2 N–H and O–H groups in total. The van der Waals surface area contributed by atoms with Gasteiger partial charge in [0, 0.05) is 24.8 Å². The van der Waals surface area contributed by atoms with Crippen LogP contribution in [0.5, 0.6) is 0 Å². The Morgan fingerprint density at radius 1 is 1.43 bits per heavy atom. The lowest BCUT2D eigenvalue weighted by molar-refractivity contribution is -0.116. The van der Waals surface area contributed by atoms with Crippen LogP contribution < -0.4 is 10.6 Å². The number of aryl methyl sites for hydroxylation is 2. The molecule has 0 bridgehead atoms. The summed E-state index contributed by atoms with van der Waals surface area (Å²) in [6.45, 7) is 2.74. The van der Waals surface area contributed by atoms with Crippen LogP contribution in [0.4, 0.5) is 15.8 Å². The Hall–Kier alpha value is -2.70. The lowest BCUT2D eigenvalue weighted by Crippen LogP contribution is -2.20. The van der Waals surface area contributed by atoms with Crippen molar-refractivity contribution in [3.63, 3.8) is 0 Å². The SMILES string of the molecule is CCCn1cc(C(=O)Nc2cc3c(cc2F)NC(=O)CC3)cn1. The van der Waals surface area contributed by atoms with Crippen LogP contribution in [0.3, 0.4) is 0 Å². The second-order valence-corrected chi connectivity index (χ2v) is 5.48. The molecule has 0 saturated carbocycles. The van der Waals surface area contributed by atoms with E-state index in [-0.39, 0.29) is 11.6 Å². The number of benzene rings is 1. The van der Waals surface area contributed by atoms with Crippen LogP contribution in [0.15, 0.2) is 24.5 Å². The van der Waals surface area contributed by atoms with Crippen LogP contribution in [0.25, 0.3) is 0 Å². The maximum atomic E-state index is 14.1. The molecule has 0 saturated heterocycles. The minimum atomic E-state index is -0.583. The highest BCUT2D eigenvalue weighted by Gasteiger charge is 2.19. The van der Waals surface area contributed by atoms with Gasteiger partial charge in [-0.05, 0) is 30.5 Å². The first-order chi connectivity index (χ1) is 11.1. The predicted molar refractivity (Wildman–Crippen MR) is 83.8 cm³/mol. The summed E-state index contributed by atoms with van der Waals surface area (Å²) in [5.74, 6) is -1.12. The van der Waals surface area contributed by atoms with Gasteiger partial charge in [0.2, 0.25) is 5.91 Å². The molecule has 0 aliphatic carbocycles. The standard InChI is InChI=1S/C16H17FN4O2/c1-2-5-21-9-11(8-18-21)16(23)20-14-6-10-3-4-15(22)19-13(10)7-12(14)17/h6-9H,2-5H2,1H3,(H,19,22)(H,20,23). The Bertz CT molecular complexity index is 769. The smallest absolute Gasteiger partial charge is 0.258 e. The number of amides is 2. The average Bonchev–Trinajstić information content (AvgIpc) is 2.97. The average molecular weight is 316 g/mol. The van der Waals surface area contributed by atoms with Gasteiger partial charge in [-0.15, -0.1) is 0 Å². The fraction of sp³-hybridized carbons (Fsp3) is 0.312. The second-order valence-electron chi connectivity index (χ2n) is 5.48. The molecule has 7 heteroatoms. The summed E-state index contributed by atoms with van der Waals surface area (Å²) in [5, 5.41) is 9.27. The van der Waals surface area contributed by atoms with E-state index in [1.807, 2.05) is 6.92 Å². The summed E-state index contributed by atoms with van der Waals surface area (Å²) in [7, 11) is 0. The van der Waals surface area contributed by atoms with Crippen molar-refractivity contribution in [2.75, 3.05) is 10.6 Å². The van der Waals surface area contributed by atoms with Gasteiger partial charge < -0.3 is 10.6 Å². The lowest BCUT2D eigenvalue weighted by Gasteiger charge is -2.18. The van der Waals surface area contributed by atoms with Crippen LogP contribution in [0.1, 0.15) is 35.7 Å². The third-order valence-electron chi connectivity index (χ3n) is 3.68. The number of anilines is 2. The molecule has 1 aromatic heterocycles. The Kier molecular flexibility index (Phi) is 4.10. The largest absolute Gasteiger partial charge is 0.326 e. The highest BCUT2D eigenvalue weighted by atomic mass is 19.1. The molecule has 2 heterocycles. The number of nitrogens with zero attached hydrogens (tertiary/aromatic N) is 2. The van der Waals surface area contributed by atoms with Gasteiger partial charge >= 0.3 is 0 Å². The Labute approximate surface area is 132 Å². The van der Waals surface area contributed by atoms with Crippen molar-refractivity contribution < 1.29 is 14.0 Å². The van der Waals surface area contributed by atoms with Crippen molar-refractivity contribution in [2.45, 2.75) is 32.7 Å². The van der Waals surface area contributed by atoms with E-state index in [0.29, 0.717) is 24.1 Å². The van der Waals surface area contributed by atoms with Crippen LogP contribution in [-0.4, -0.2) is 21.6 Å². The van der Waals surface area contributed by atoms with Crippen molar-refractivity contribution in [3.8, 4) is 0 Å². The molecular formula is C16H17FN4O2. The number of fused-ring (bicyclic) bond motifs is 1. The Balaban J connectivity index is 1.79. The van der Waals surface area contributed by atoms with Gasteiger partial charge in [0.05, 0.1) is 17.4 Å². The molecule has 1 aliphatic heterocycles. The monoisotopic (exact) mass is 316 g/mol. The molecule has 6 nitrogen and oxygen atoms in total. The maximum Gasteiger partial charge on any atom is 0.258 e. The molecule has 1 aromatic carbocycles. The minimum Gasteiger partial charge on any atom is -0.326 e. The van der Waals surface area contributed by atoms with E-state index in [1.54, 1.807) is 16.9 Å². The van der Waals surface area contributed by atoms with Crippen LogP contribution in [0, 0.1) is 5.82 Å². The van der Waals surface area contributed by atoms with E-state index in [1.165, 1.54) is 12.3 Å². The molecule has 1 aliphatic rings. The molecule has 2 aromatic rings. The van der Waals surface area contributed by atoms with E-state index in [2.05, 4.69) is 15.7 Å². The quantitative estimate of drug-likeness (QED) is 0.910. The van der Waals surface area contributed by atoms with E-state index in [4.69, 9.17) is 0 Å². The van der Waals surface area contributed by atoms with Gasteiger partial charge in [-0.2, -0.15) is 5.10 Å². The van der Waals surface area contributed by atoms with Crippen LogP contribution in [-0.2, 0) is 17.8 Å². The van der Waals surface area contributed by atoms with E-state index < -0.39 is 11.7 Å². The van der Waals surface area contributed by atoms with Crippen LogP contribution >= 0.6 is 0 Å². The third kappa shape index (κ3) is 3.23. The summed E-state index contributed by atoms with van der Waals surface area (Å²) in [6, 6.07) is 2.81. The zero-order valence-corrected chi connectivity index (χ0v) is 12.7. The van der Waals surface area contributed by atoms with Crippen LogP contribution in [0.2, 0.25) is 0 Å². The maximum absolute atomic E-state index is 14.1. The van der Waals surface area contributed by atoms with E-state index in [9.17, 15) is 14.0 Å². The van der Waals surface area contributed by atoms with E-state index >= 15 is 0 Å². The molecule has 0 spiro atoms. The minimum absolute atomic E-state index is 0.105. The zero-order valence-electron chi connectivity index (χ0n) is 12.7. The molecule has 3 rings (SSSR count). The van der Waals surface area contributed by atoms with Gasteiger partial charge in [0.15, 0.2) is 0 Å². The first-order valence-corrected chi connectivity index (χ1v) is 7.53. The van der Waals surface area contributed by atoms with Crippen molar-refractivity contribution >= 4 is 23.2 Å². The highest BCUT2D eigenvalue weighted by Crippen LogP contribution is 2.28. The molecule has 0 radical (unpaired) electrons. The summed E-state index contributed by atoms with van der Waals surface area (Å²) in [5.41, 5.74) is 1.76. The van der Waals surface area contributed by atoms with Gasteiger partial charge in [0.25, 0.3) is 5.91 Å². The van der Waals surface area contributed by atoms with Crippen molar-refractivity contribution in [1.82, 2.24) is 9.78 Å². The van der Waals surface area contributed by atoms with Crippen molar-refractivity contribution in [3.05, 3.63) is 41.5 Å². The number of nitrogens with one attached hydrogen (secondary N) is 2. The lowest BCUT2D eigenvalue weighted by atomic mass is 10.0.